The molecule has 7 nitrogen and oxygen atoms in total. The number of carbonyl (C=O) groups excluding carboxylic acids is 1. The third-order valence-electron chi connectivity index (χ3n) is 4.38. The molecule has 0 saturated heterocycles. The van der Waals surface area contributed by atoms with E-state index in [9.17, 15) is 9.90 Å². The van der Waals surface area contributed by atoms with Crippen LogP contribution in [0.1, 0.15) is 5.56 Å². The molecule has 0 unspecified atom stereocenters. The van der Waals surface area contributed by atoms with E-state index in [1.54, 1.807) is 24.3 Å². The van der Waals surface area contributed by atoms with Crippen LogP contribution < -0.4 is 5.43 Å². The normalized spacial score (nSPS) is 11.0. The van der Waals surface area contributed by atoms with Crippen molar-refractivity contribution in [2.45, 2.75) is 5.16 Å². The highest BCUT2D eigenvalue weighted by Gasteiger charge is 2.17. The summed E-state index contributed by atoms with van der Waals surface area (Å²) in [4.78, 5) is 12.3. The second-order valence-corrected chi connectivity index (χ2v) is 8.52. The van der Waals surface area contributed by atoms with E-state index in [4.69, 9.17) is 0 Å². The number of nitrogens with one attached hydrogen (secondary N) is 1. The minimum Gasteiger partial charge on any atom is -0.508 e. The van der Waals surface area contributed by atoms with E-state index in [2.05, 4.69) is 36.7 Å². The molecule has 9 heteroatoms. The van der Waals surface area contributed by atoms with Gasteiger partial charge in [-0.25, -0.2) is 5.43 Å². The number of nitrogens with zero attached hydrogens (tertiary/aromatic N) is 4. The number of benzene rings is 3. The summed E-state index contributed by atoms with van der Waals surface area (Å²) in [5.74, 6) is 0.723. The maximum Gasteiger partial charge on any atom is 0.250 e. The van der Waals surface area contributed by atoms with Gasteiger partial charge < -0.3 is 5.11 Å². The van der Waals surface area contributed by atoms with Crippen LogP contribution >= 0.6 is 27.7 Å². The van der Waals surface area contributed by atoms with Crippen molar-refractivity contribution in [3.8, 4) is 22.8 Å². The Bertz CT molecular complexity index is 1230. The number of carbonyl (C=O) groups is 1. The standard InChI is InChI=1S/C23H18BrN5O2S/c24-18-10-8-17(9-11-18)22-27-28-23(29(22)19-4-2-1-3-5-19)32-15-21(31)26-25-14-16-6-12-20(30)13-7-16/h1-14,30H,15H2,(H,26,31)/b25-14-. The third-order valence-corrected chi connectivity index (χ3v) is 5.84. The second kappa shape index (κ2) is 10.3. The Morgan fingerprint density at radius 2 is 1.75 bits per heavy atom. The molecule has 0 aliphatic carbocycles. The number of aromatic nitrogens is 3. The van der Waals surface area contributed by atoms with Crippen LogP contribution in [0.15, 0.2) is 93.6 Å². The van der Waals surface area contributed by atoms with Crippen molar-refractivity contribution in [2.75, 3.05) is 5.75 Å². The molecule has 32 heavy (non-hydrogen) atoms. The SMILES string of the molecule is O=C(CSc1nnc(-c2ccc(Br)cc2)n1-c1ccccc1)N/N=C\c1ccc(O)cc1. The van der Waals surface area contributed by atoms with Gasteiger partial charge in [-0.1, -0.05) is 58.0 Å². The highest BCUT2D eigenvalue weighted by Crippen LogP contribution is 2.28. The predicted molar refractivity (Wildman–Crippen MR) is 129 cm³/mol. The molecule has 4 aromatic rings. The van der Waals surface area contributed by atoms with Crippen molar-refractivity contribution < 1.29 is 9.90 Å². The number of aromatic hydroxyl groups is 1. The number of thioether (sulfide) groups is 1. The van der Waals surface area contributed by atoms with E-state index in [1.165, 1.54) is 18.0 Å². The van der Waals surface area contributed by atoms with Gasteiger partial charge in [0, 0.05) is 15.7 Å². The van der Waals surface area contributed by atoms with E-state index in [0.29, 0.717) is 11.0 Å². The summed E-state index contributed by atoms with van der Waals surface area (Å²) in [6.45, 7) is 0. The van der Waals surface area contributed by atoms with Gasteiger partial charge in [-0.3, -0.25) is 9.36 Å². The molecule has 0 spiro atoms. The topological polar surface area (TPSA) is 92.4 Å². The van der Waals surface area contributed by atoms with E-state index in [0.717, 1.165) is 21.3 Å². The zero-order chi connectivity index (χ0) is 22.3. The highest BCUT2D eigenvalue weighted by atomic mass is 79.9. The predicted octanol–water partition coefficient (Wildman–Crippen LogP) is 4.64. The van der Waals surface area contributed by atoms with Crippen molar-refractivity contribution in [2.24, 2.45) is 5.10 Å². The average Bonchev–Trinajstić information content (AvgIpc) is 3.24. The average molecular weight is 508 g/mol. The van der Waals surface area contributed by atoms with Gasteiger partial charge in [-0.15, -0.1) is 10.2 Å². The molecule has 0 saturated carbocycles. The molecule has 3 aromatic carbocycles. The fraction of sp³-hybridized carbons (Fsp3) is 0.0435. The van der Waals surface area contributed by atoms with Crippen LogP contribution in [0.3, 0.4) is 0 Å². The number of phenolic OH excluding ortho intramolecular Hbond substituents is 1. The van der Waals surface area contributed by atoms with Gasteiger partial charge in [0.25, 0.3) is 5.91 Å². The van der Waals surface area contributed by atoms with Crippen molar-refractivity contribution in [1.82, 2.24) is 20.2 Å². The van der Waals surface area contributed by atoms with Gasteiger partial charge in [-0.2, -0.15) is 5.10 Å². The molecule has 0 atom stereocenters. The first-order valence-corrected chi connectivity index (χ1v) is 11.4. The van der Waals surface area contributed by atoms with Crippen LogP contribution in [0, 0.1) is 0 Å². The minimum atomic E-state index is -0.266. The fourth-order valence-corrected chi connectivity index (χ4v) is 3.87. The molecule has 0 aliphatic rings. The zero-order valence-corrected chi connectivity index (χ0v) is 19.1. The van der Waals surface area contributed by atoms with Crippen molar-refractivity contribution >= 4 is 39.8 Å². The molecule has 1 aromatic heterocycles. The lowest BCUT2D eigenvalue weighted by molar-refractivity contribution is -0.118. The molecule has 160 valence electrons. The van der Waals surface area contributed by atoms with Crippen LogP contribution in [0.2, 0.25) is 0 Å². The largest absolute Gasteiger partial charge is 0.508 e. The Kier molecular flexibility index (Phi) is 6.98. The van der Waals surface area contributed by atoms with Crippen molar-refractivity contribution in [3.05, 3.63) is 88.9 Å². The molecule has 0 radical (unpaired) electrons. The van der Waals surface area contributed by atoms with E-state index < -0.39 is 0 Å². The minimum absolute atomic E-state index is 0.123. The van der Waals surface area contributed by atoms with Gasteiger partial charge in [-0.05, 0) is 54.1 Å². The van der Waals surface area contributed by atoms with E-state index >= 15 is 0 Å². The first-order chi connectivity index (χ1) is 15.6. The van der Waals surface area contributed by atoms with Gasteiger partial charge >= 0.3 is 0 Å². The van der Waals surface area contributed by atoms with Gasteiger partial charge in [0.15, 0.2) is 11.0 Å². The van der Waals surface area contributed by atoms with E-state index in [-0.39, 0.29) is 17.4 Å². The summed E-state index contributed by atoms with van der Waals surface area (Å²) < 4.78 is 2.91. The lowest BCUT2D eigenvalue weighted by Crippen LogP contribution is -2.20. The third kappa shape index (κ3) is 5.43. The number of hydrazone groups is 1. The summed E-state index contributed by atoms with van der Waals surface area (Å²) in [6, 6.07) is 24.1. The Morgan fingerprint density at radius 3 is 2.47 bits per heavy atom. The van der Waals surface area contributed by atoms with Gasteiger partial charge in [0.1, 0.15) is 5.75 Å². The summed E-state index contributed by atoms with van der Waals surface area (Å²) >= 11 is 4.73. The van der Waals surface area contributed by atoms with Crippen LogP contribution in [-0.4, -0.2) is 37.7 Å². The maximum atomic E-state index is 12.3. The molecule has 2 N–H and O–H groups in total. The second-order valence-electron chi connectivity index (χ2n) is 6.66. The summed E-state index contributed by atoms with van der Waals surface area (Å²) in [7, 11) is 0. The fourth-order valence-electron chi connectivity index (χ4n) is 2.86. The van der Waals surface area contributed by atoms with Crippen molar-refractivity contribution in [1.29, 1.82) is 0 Å². The van der Waals surface area contributed by atoms with Gasteiger partial charge in [0.2, 0.25) is 0 Å². The smallest absolute Gasteiger partial charge is 0.250 e. The maximum absolute atomic E-state index is 12.3. The van der Waals surface area contributed by atoms with Crippen LogP contribution in [-0.2, 0) is 4.79 Å². The van der Waals surface area contributed by atoms with Crippen LogP contribution in [0.25, 0.3) is 17.1 Å². The Hall–Kier alpha value is -3.43. The molecule has 1 heterocycles. The van der Waals surface area contributed by atoms with Crippen LogP contribution in [0.5, 0.6) is 5.75 Å². The summed E-state index contributed by atoms with van der Waals surface area (Å²) in [5, 5.41) is 22.6. The number of rotatable bonds is 7. The molecule has 0 bridgehead atoms. The Balaban J connectivity index is 1.49. The zero-order valence-electron chi connectivity index (χ0n) is 16.7. The molecular formula is C23H18BrN5O2S. The van der Waals surface area contributed by atoms with Crippen LogP contribution in [0.4, 0.5) is 0 Å². The molecule has 0 aliphatic heterocycles. The highest BCUT2D eigenvalue weighted by molar-refractivity contribution is 9.10. The Morgan fingerprint density at radius 1 is 1.03 bits per heavy atom. The number of amides is 1. The number of hydrogen-bond acceptors (Lipinski definition) is 6. The number of halogens is 1. The number of hydrogen-bond donors (Lipinski definition) is 2. The monoisotopic (exact) mass is 507 g/mol. The molecular weight excluding hydrogens is 490 g/mol. The van der Waals surface area contributed by atoms with Gasteiger partial charge in [0.05, 0.1) is 12.0 Å². The first kappa shape index (κ1) is 21.8. The number of para-hydroxylation sites is 1. The molecule has 1 amide bonds. The first-order valence-electron chi connectivity index (χ1n) is 9.60. The Labute approximate surface area is 197 Å². The summed E-state index contributed by atoms with van der Waals surface area (Å²) in [5.41, 5.74) is 5.09. The molecule has 4 rings (SSSR count). The summed E-state index contributed by atoms with van der Waals surface area (Å²) in [6.07, 6.45) is 1.51. The van der Waals surface area contributed by atoms with E-state index in [1.807, 2.05) is 59.2 Å². The quantitative estimate of drug-likeness (QED) is 0.216. The molecule has 0 fully saturated rings. The number of phenols is 1. The van der Waals surface area contributed by atoms with Crippen molar-refractivity contribution in [3.63, 3.8) is 0 Å². The lowest BCUT2D eigenvalue weighted by Gasteiger charge is -2.10. The lowest BCUT2D eigenvalue weighted by atomic mass is 10.2.